The summed E-state index contributed by atoms with van der Waals surface area (Å²) in [5.74, 6) is 0.825. The Bertz CT molecular complexity index is 998. The highest BCUT2D eigenvalue weighted by atomic mass is 16.3. The van der Waals surface area contributed by atoms with E-state index in [1.807, 2.05) is 54.7 Å². The van der Waals surface area contributed by atoms with E-state index in [1.54, 1.807) is 0 Å². The normalized spacial score (nSPS) is 16.8. The lowest BCUT2D eigenvalue weighted by atomic mass is 9.84. The molecule has 2 nitrogen and oxygen atoms in total. The van der Waals surface area contributed by atoms with Gasteiger partial charge < -0.3 is 5.11 Å². The van der Waals surface area contributed by atoms with Gasteiger partial charge in [0.05, 0.1) is 5.69 Å². The molecule has 0 aliphatic heterocycles. The summed E-state index contributed by atoms with van der Waals surface area (Å²) >= 11 is 0. The van der Waals surface area contributed by atoms with Crippen LogP contribution in [-0.4, -0.2) is 11.3 Å². The Labute approximate surface area is 199 Å². The molecular formula is C31H37NO. The van der Waals surface area contributed by atoms with Crippen molar-refractivity contribution in [3.8, 4) is 16.9 Å². The molecule has 0 atom stereocenters. The summed E-state index contributed by atoms with van der Waals surface area (Å²) in [5, 5.41) is 11.6. The van der Waals surface area contributed by atoms with E-state index in [1.165, 1.54) is 57.8 Å². The van der Waals surface area contributed by atoms with Crippen molar-refractivity contribution in [3.63, 3.8) is 0 Å². The summed E-state index contributed by atoms with van der Waals surface area (Å²) in [7, 11) is 0. The third-order valence-electron chi connectivity index (χ3n) is 6.98. The summed E-state index contributed by atoms with van der Waals surface area (Å²) in [5.41, 5.74) is 4.96. The van der Waals surface area contributed by atoms with Gasteiger partial charge in [-0.05, 0) is 47.6 Å². The minimum absolute atomic E-state index is 0.410. The molecule has 0 unspecified atom stereocenters. The number of aromatic hydroxyl groups is 1. The highest BCUT2D eigenvalue weighted by Crippen LogP contribution is 2.40. The molecule has 3 aromatic rings. The van der Waals surface area contributed by atoms with Gasteiger partial charge in [0.1, 0.15) is 5.75 Å². The maximum absolute atomic E-state index is 11.6. The molecule has 0 heterocycles. The lowest BCUT2D eigenvalue weighted by Gasteiger charge is -2.22. The molecule has 0 radical (unpaired) electrons. The molecule has 3 aromatic carbocycles. The summed E-state index contributed by atoms with van der Waals surface area (Å²) < 4.78 is 0. The van der Waals surface area contributed by atoms with E-state index in [0.717, 1.165) is 40.8 Å². The summed E-state index contributed by atoms with van der Waals surface area (Å²) in [6, 6.07) is 24.7. The van der Waals surface area contributed by atoms with Crippen molar-refractivity contribution >= 4 is 11.9 Å². The van der Waals surface area contributed by atoms with Crippen LogP contribution in [0, 0.1) is 0 Å². The Kier molecular flexibility index (Phi) is 8.75. The van der Waals surface area contributed by atoms with E-state index in [2.05, 4.69) is 24.3 Å². The molecule has 4 rings (SSSR count). The Hall–Kier alpha value is -2.87. The largest absolute Gasteiger partial charge is 0.507 e. The lowest BCUT2D eigenvalue weighted by molar-refractivity contribution is 0.432. The minimum atomic E-state index is 0.410. The number of para-hydroxylation sites is 1. The van der Waals surface area contributed by atoms with Crippen molar-refractivity contribution in [1.82, 2.24) is 0 Å². The Balaban J connectivity index is 1.68. The number of benzene rings is 3. The Morgan fingerprint density at radius 1 is 0.636 bits per heavy atom. The molecular weight excluding hydrogens is 402 g/mol. The van der Waals surface area contributed by atoms with Crippen LogP contribution in [0.15, 0.2) is 77.8 Å². The van der Waals surface area contributed by atoms with E-state index in [-0.39, 0.29) is 0 Å². The fourth-order valence-electron chi connectivity index (χ4n) is 5.08. The van der Waals surface area contributed by atoms with Crippen molar-refractivity contribution < 1.29 is 5.11 Å². The van der Waals surface area contributed by atoms with E-state index < -0.39 is 0 Å². The molecule has 1 aliphatic carbocycles. The average molecular weight is 440 g/mol. The van der Waals surface area contributed by atoms with Gasteiger partial charge >= 0.3 is 0 Å². The maximum Gasteiger partial charge on any atom is 0.128 e. The van der Waals surface area contributed by atoms with E-state index in [0.29, 0.717) is 11.7 Å². The highest BCUT2D eigenvalue weighted by molar-refractivity contribution is 5.95. The van der Waals surface area contributed by atoms with Crippen LogP contribution in [0.25, 0.3) is 11.1 Å². The van der Waals surface area contributed by atoms with E-state index in [9.17, 15) is 5.11 Å². The van der Waals surface area contributed by atoms with Crippen molar-refractivity contribution in [1.29, 1.82) is 0 Å². The number of phenols is 1. The molecule has 0 bridgehead atoms. The molecule has 1 saturated carbocycles. The van der Waals surface area contributed by atoms with Gasteiger partial charge in [-0.3, -0.25) is 4.99 Å². The number of aliphatic imine (C=N–C) groups is 1. The fourth-order valence-corrected chi connectivity index (χ4v) is 5.08. The maximum atomic E-state index is 11.6. The predicted molar refractivity (Wildman–Crippen MR) is 141 cm³/mol. The molecule has 0 saturated heterocycles. The van der Waals surface area contributed by atoms with E-state index >= 15 is 0 Å². The number of hydrogen-bond donors (Lipinski definition) is 1. The van der Waals surface area contributed by atoms with Gasteiger partial charge in [0, 0.05) is 11.8 Å². The van der Waals surface area contributed by atoms with Gasteiger partial charge in [-0.1, -0.05) is 118 Å². The standard InChI is InChI=1S/C31H37NO/c33-31-29(26-18-10-6-4-2-1-3-5-7-11-19-26)23-22-28(25-16-12-8-13-17-25)30(31)24-32-27-20-14-9-15-21-27/h8-9,12-17,20-24,26,33H,1-7,10-11,18-19H2. The first-order valence-electron chi connectivity index (χ1n) is 12.8. The molecule has 0 spiro atoms. The second-order valence-corrected chi connectivity index (χ2v) is 9.38. The molecule has 33 heavy (non-hydrogen) atoms. The van der Waals surface area contributed by atoms with Crippen molar-refractivity contribution in [3.05, 3.63) is 83.9 Å². The Morgan fingerprint density at radius 2 is 1.18 bits per heavy atom. The predicted octanol–water partition coefficient (Wildman–Crippen LogP) is 9.20. The van der Waals surface area contributed by atoms with Crippen molar-refractivity contribution in [2.24, 2.45) is 4.99 Å². The molecule has 0 amide bonds. The zero-order valence-corrected chi connectivity index (χ0v) is 19.8. The molecule has 0 aromatic heterocycles. The van der Waals surface area contributed by atoms with Gasteiger partial charge in [-0.15, -0.1) is 0 Å². The summed E-state index contributed by atoms with van der Waals surface area (Å²) in [6.45, 7) is 0. The van der Waals surface area contributed by atoms with Crippen LogP contribution in [-0.2, 0) is 0 Å². The molecule has 172 valence electrons. The number of nitrogens with zero attached hydrogens (tertiary/aromatic N) is 1. The SMILES string of the molecule is Oc1c(C2CCCCCCCCCCC2)ccc(-c2ccccc2)c1C=Nc1ccccc1. The minimum Gasteiger partial charge on any atom is -0.507 e. The first-order valence-corrected chi connectivity index (χ1v) is 12.8. The van der Waals surface area contributed by atoms with Gasteiger partial charge in [0.2, 0.25) is 0 Å². The second kappa shape index (κ2) is 12.4. The van der Waals surface area contributed by atoms with Crippen LogP contribution in [0.4, 0.5) is 5.69 Å². The highest BCUT2D eigenvalue weighted by Gasteiger charge is 2.20. The third kappa shape index (κ3) is 6.57. The van der Waals surface area contributed by atoms with Crippen LogP contribution in [0.1, 0.15) is 87.7 Å². The fraction of sp³-hybridized carbons (Fsp3) is 0.387. The lowest BCUT2D eigenvalue weighted by Crippen LogP contribution is -2.03. The van der Waals surface area contributed by atoms with Crippen LogP contribution in [0.5, 0.6) is 5.75 Å². The van der Waals surface area contributed by atoms with Gasteiger partial charge in [0.25, 0.3) is 0 Å². The van der Waals surface area contributed by atoms with Crippen molar-refractivity contribution in [2.75, 3.05) is 0 Å². The zero-order chi connectivity index (χ0) is 22.7. The molecule has 2 heteroatoms. The Morgan fingerprint density at radius 3 is 1.79 bits per heavy atom. The molecule has 1 N–H and O–H groups in total. The monoisotopic (exact) mass is 439 g/mol. The van der Waals surface area contributed by atoms with Crippen LogP contribution in [0.3, 0.4) is 0 Å². The molecule has 1 fully saturated rings. The topological polar surface area (TPSA) is 32.6 Å². The van der Waals surface area contributed by atoms with Crippen molar-refractivity contribution in [2.45, 2.75) is 76.5 Å². The quantitative estimate of drug-likeness (QED) is 0.404. The van der Waals surface area contributed by atoms with Gasteiger partial charge in [-0.2, -0.15) is 0 Å². The summed E-state index contributed by atoms with van der Waals surface area (Å²) in [4.78, 5) is 4.71. The number of hydrogen-bond acceptors (Lipinski definition) is 2. The molecule has 1 aliphatic rings. The van der Waals surface area contributed by atoms with Crippen LogP contribution < -0.4 is 0 Å². The first kappa shape index (κ1) is 23.3. The zero-order valence-electron chi connectivity index (χ0n) is 19.8. The van der Waals surface area contributed by atoms with E-state index in [4.69, 9.17) is 4.99 Å². The average Bonchev–Trinajstić information content (AvgIpc) is 2.85. The van der Waals surface area contributed by atoms with Crippen LogP contribution in [0.2, 0.25) is 0 Å². The number of phenolic OH excluding ortho intramolecular Hbond substituents is 1. The summed E-state index contributed by atoms with van der Waals surface area (Å²) in [6.07, 6.45) is 16.1. The second-order valence-electron chi connectivity index (χ2n) is 9.38. The third-order valence-corrected chi connectivity index (χ3v) is 6.98. The smallest absolute Gasteiger partial charge is 0.128 e. The number of rotatable bonds is 4. The van der Waals surface area contributed by atoms with Gasteiger partial charge in [-0.25, -0.2) is 0 Å². The first-order chi connectivity index (χ1) is 16.3. The van der Waals surface area contributed by atoms with Crippen LogP contribution >= 0.6 is 0 Å². The van der Waals surface area contributed by atoms with Gasteiger partial charge in [0.15, 0.2) is 0 Å².